The number of carbonyl (C=O) groups is 1. The quantitative estimate of drug-likeness (QED) is 0.795. The number of anilines is 1. The molecule has 0 saturated heterocycles. The zero-order valence-electron chi connectivity index (χ0n) is 10.1. The minimum atomic E-state index is -1.03. The molecule has 1 heterocycles. The van der Waals surface area contributed by atoms with Crippen LogP contribution in [0.25, 0.3) is 0 Å². The third-order valence-electron chi connectivity index (χ3n) is 2.56. The van der Waals surface area contributed by atoms with E-state index in [0.29, 0.717) is 5.82 Å². The van der Waals surface area contributed by atoms with Gasteiger partial charge in [0.15, 0.2) is 0 Å². The van der Waals surface area contributed by atoms with Crippen molar-refractivity contribution in [3.05, 3.63) is 22.8 Å². The molecule has 0 aliphatic heterocycles. The van der Waals surface area contributed by atoms with Gasteiger partial charge >= 0.3 is 5.97 Å². The molecule has 1 N–H and O–H groups in total. The first-order valence-corrected chi connectivity index (χ1v) is 6.04. The molecule has 0 atom stereocenters. The summed E-state index contributed by atoms with van der Waals surface area (Å²) < 4.78 is 0. The Morgan fingerprint density at radius 3 is 2.82 bits per heavy atom. The highest BCUT2D eigenvalue weighted by Crippen LogP contribution is 2.26. The molecule has 0 unspecified atom stereocenters. The van der Waals surface area contributed by atoms with Gasteiger partial charge in [-0.15, -0.1) is 0 Å². The number of carboxylic acids is 1. The summed E-state index contributed by atoms with van der Waals surface area (Å²) in [6.45, 7) is 2.96. The van der Waals surface area contributed by atoms with Crippen LogP contribution in [0.2, 0.25) is 5.02 Å². The normalized spacial score (nSPS) is 10.3. The van der Waals surface area contributed by atoms with Gasteiger partial charge in [-0.25, -0.2) is 9.78 Å². The summed E-state index contributed by atoms with van der Waals surface area (Å²) >= 11 is 6.03. The Morgan fingerprint density at radius 2 is 2.24 bits per heavy atom. The highest BCUT2D eigenvalue weighted by molar-refractivity contribution is 6.35. The summed E-state index contributed by atoms with van der Waals surface area (Å²) in [6.07, 6.45) is 4.80. The van der Waals surface area contributed by atoms with E-state index in [4.69, 9.17) is 16.7 Å². The van der Waals surface area contributed by atoms with Crippen molar-refractivity contribution in [2.24, 2.45) is 0 Å². The van der Waals surface area contributed by atoms with E-state index in [9.17, 15) is 4.79 Å². The van der Waals surface area contributed by atoms with Crippen molar-refractivity contribution in [1.82, 2.24) is 4.98 Å². The van der Waals surface area contributed by atoms with Gasteiger partial charge in [-0.3, -0.25) is 0 Å². The number of rotatable bonds is 6. The fourth-order valence-corrected chi connectivity index (χ4v) is 1.91. The Bertz CT molecular complexity index is 396. The molecule has 5 heteroatoms. The number of hydrogen-bond acceptors (Lipinski definition) is 3. The van der Waals surface area contributed by atoms with Gasteiger partial charge in [0.2, 0.25) is 0 Å². The number of hydrogen-bond donors (Lipinski definition) is 1. The summed E-state index contributed by atoms with van der Waals surface area (Å²) in [5.74, 6) is -0.497. The smallest absolute Gasteiger partial charge is 0.337 e. The SMILES string of the molecule is CCCCCN(C)c1nccc(C(=O)O)c1Cl. The summed E-state index contributed by atoms with van der Waals surface area (Å²) in [4.78, 5) is 17.0. The first kappa shape index (κ1) is 13.8. The number of nitrogens with zero attached hydrogens (tertiary/aromatic N) is 2. The molecule has 0 fully saturated rings. The van der Waals surface area contributed by atoms with Crippen LogP contribution in [-0.4, -0.2) is 29.7 Å². The van der Waals surface area contributed by atoms with Gasteiger partial charge in [-0.1, -0.05) is 31.4 Å². The Hall–Kier alpha value is -1.29. The molecule has 0 aromatic carbocycles. The van der Waals surface area contributed by atoms with E-state index in [1.165, 1.54) is 12.3 Å². The predicted molar refractivity (Wildman–Crippen MR) is 69.0 cm³/mol. The first-order valence-electron chi connectivity index (χ1n) is 5.66. The summed E-state index contributed by atoms with van der Waals surface area (Å²) in [5.41, 5.74) is 0.0963. The van der Waals surface area contributed by atoms with Crippen LogP contribution < -0.4 is 4.90 Å². The lowest BCUT2D eigenvalue weighted by Gasteiger charge is -2.19. The third-order valence-corrected chi connectivity index (χ3v) is 2.93. The van der Waals surface area contributed by atoms with Crippen LogP contribution in [-0.2, 0) is 0 Å². The number of halogens is 1. The van der Waals surface area contributed by atoms with Gasteiger partial charge in [0.1, 0.15) is 5.82 Å². The minimum absolute atomic E-state index is 0.0963. The summed E-state index contributed by atoms with van der Waals surface area (Å²) in [5, 5.41) is 9.16. The molecular formula is C12H17ClN2O2. The minimum Gasteiger partial charge on any atom is -0.478 e. The number of carboxylic acid groups (broad SMARTS) is 1. The summed E-state index contributed by atoms with van der Waals surface area (Å²) in [6, 6.07) is 1.41. The van der Waals surface area contributed by atoms with Crippen LogP contribution in [0.15, 0.2) is 12.3 Å². The average molecular weight is 257 g/mol. The second-order valence-electron chi connectivity index (χ2n) is 3.93. The van der Waals surface area contributed by atoms with Crippen molar-refractivity contribution in [2.75, 3.05) is 18.5 Å². The van der Waals surface area contributed by atoms with Gasteiger partial charge < -0.3 is 10.0 Å². The Morgan fingerprint density at radius 1 is 1.53 bits per heavy atom. The van der Waals surface area contributed by atoms with Gasteiger partial charge in [0.25, 0.3) is 0 Å². The van der Waals surface area contributed by atoms with Crippen LogP contribution in [0.3, 0.4) is 0 Å². The highest BCUT2D eigenvalue weighted by Gasteiger charge is 2.15. The van der Waals surface area contributed by atoms with Gasteiger partial charge in [-0.2, -0.15) is 0 Å². The molecule has 94 valence electrons. The van der Waals surface area contributed by atoms with Crippen molar-refractivity contribution < 1.29 is 9.90 Å². The largest absolute Gasteiger partial charge is 0.478 e. The van der Waals surface area contributed by atoms with Crippen LogP contribution >= 0.6 is 11.6 Å². The fraction of sp³-hybridized carbons (Fsp3) is 0.500. The van der Waals surface area contributed by atoms with Crippen molar-refractivity contribution in [2.45, 2.75) is 26.2 Å². The molecule has 0 spiro atoms. The first-order chi connectivity index (χ1) is 8.07. The molecule has 0 aliphatic carbocycles. The van der Waals surface area contributed by atoms with E-state index in [0.717, 1.165) is 25.8 Å². The molecule has 4 nitrogen and oxygen atoms in total. The average Bonchev–Trinajstić information content (AvgIpc) is 2.29. The van der Waals surface area contributed by atoms with Crippen LogP contribution in [0.1, 0.15) is 36.5 Å². The number of unbranched alkanes of at least 4 members (excludes halogenated alkanes) is 2. The van der Waals surface area contributed by atoms with E-state index in [1.807, 2.05) is 11.9 Å². The van der Waals surface area contributed by atoms with E-state index in [1.54, 1.807) is 0 Å². The topological polar surface area (TPSA) is 53.4 Å². The van der Waals surface area contributed by atoms with Crippen molar-refractivity contribution in [1.29, 1.82) is 0 Å². The standard InChI is InChI=1S/C12H17ClN2O2/c1-3-4-5-8-15(2)11-10(13)9(12(16)17)6-7-14-11/h6-7H,3-5,8H2,1-2H3,(H,16,17). The maximum Gasteiger partial charge on any atom is 0.337 e. The van der Waals surface area contributed by atoms with Crippen LogP contribution in [0, 0.1) is 0 Å². The van der Waals surface area contributed by atoms with Crippen molar-refractivity contribution >= 4 is 23.4 Å². The monoisotopic (exact) mass is 256 g/mol. The van der Waals surface area contributed by atoms with Gasteiger partial charge in [0, 0.05) is 19.8 Å². The van der Waals surface area contributed by atoms with Gasteiger partial charge in [0.05, 0.1) is 10.6 Å². The molecule has 1 rings (SSSR count). The maximum absolute atomic E-state index is 10.9. The Balaban J connectivity index is 2.83. The second-order valence-corrected chi connectivity index (χ2v) is 4.31. The zero-order valence-corrected chi connectivity index (χ0v) is 10.9. The maximum atomic E-state index is 10.9. The Kier molecular flexibility index (Phi) is 5.22. The van der Waals surface area contributed by atoms with Crippen molar-refractivity contribution in [3.8, 4) is 0 Å². The molecule has 17 heavy (non-hydrogen) atoms. The van der Waals surface area contributed by atoms with Crippen molar-refractivity contribution in [3.63, 3.8) is 0 Å². The van der Waals surface area contributed by atoms with Gasteiger partial charge in [-0.05, 0) is 12.5 Å². The van der Waals surface area contributed by atoms with E-state index in [2.05, 4.69) is 11.9 Å². The summed E-state index contributed by atoms with van der Waals surface area (Å²) in [7, 11) is 1.87. The third kappa shape index (κ3) is 3.60. The fourth-order valence-electron chi connectivity index (χ4n) is 1.57. The molecule has 0 bridgehead atoms. The van der Waals surface area contributed by atoms with E-state index in [-0.39, 0.29) is 10.6 Å². The zero-order chi connectivity index (χ0) is 12.8. The number of aromatic nitrogens is 1. The van der Waals surface area contributed by atoms with Crippen LogP contribution in [0.4, 0.5) is 5.82 Å². The lowest BCUT2D eigenvalue weighted by Crippen LogP contribution is -2.20. The molecule has 0 amide bonds. The molecular weight excluding hydrogens is 240 g/mol. The Labute approximate surface area is 106 Å². The van der Waals surface area contributed by atoms with E-state index >= 15 is 0 Å². The lowest BCUT2D eigenvalue weighted by molar-refractivity contribution is 0.0697. The molecule has 0 radical (unpaired) electrons. The highest BCUT2D eigenvalue weighted by atomic mass is 35.5. The number of pyridine rings is 1. The van der Waals surface area contributed by atoms with E-state index < -0.39 is 5.97 Å². The molecule has 0 aliphatic rings. The molecule has 0 saturated carbocycles. The lowest BCUT2D eigenvalue weighted by atomic mass is 10.2. The number of aromatic carboxylic acids is 1. The predicted octanol–water partition coefficient (Wildman–Crippen LogP) is 3.06. The molecule has 1 aromatic rings. The van der Waals surface area contributed by atoms with Crippen LogP contribution in [0.5, 0.6) is 0 Å². The second kappa shape index (κ2) is 6.45. The molecule has 1 aromatic heterocycles.